The lowest BCUT2D eigenvalue weighted by atomic mass is 9.93. The Morgan fingerprint density at radius 2 is 2.29 bits per heavy atom. The third kappa shape index (κ3) is 1.51. The highest BCUT2D eigenvalue weighted by Crippen LogP contribution is 2.32. The zero-order valence-corrected chi connectivity index (χ0v) is 8.96. The normalized spacial score (nSPS) is 19.2. The molecule has 1 atom stereocenters. The van der Waals surface area contributed by atoms with Crippen LogP contribution in [0.5, 0.6) is 0 Å². The maximum atomic E-state index is 13.2. The molecule has 1 aromatic carbocycles. The quantitative estimate of drug-likeness (QED) is 0.701. The topological polar surface area (TPSA) is 65.1 Å². The first-order valence-corrected chi connectivity index (χ1v) is 5.40. The number of aliphatic carboxylic acids is 1. The maximum absolute atomic E-state index is 13.2. The molecule has 0 saturated carbocycles. The Balaban J connectivity index is 2.29. The van der Waals surface area contributed by atoms with Gasteiger partial charge in [-0.15, -0.1) is 0 Å². The maximum Gasteiger partial charge on any atom is 0.312 e. The van der Waals surface area contributed by atoms with E-state index in [1.165, 1.54) is 12.1 Å². The van der Waals surface area contributed by atoms with Crippen molar-refractivity contribution in [1.29, 1.82) is 0 Å². The van der Waals surface area contributed by atoms with Gasteiger partial charge in [0, 0.05) is 29.7 Å². The molecule has 0 aliphatic carbocycles. The Morgan fingerprint density at radius 3 is 3.06 bits per heavy atom. The zero-order valence-electron chi connectivity index (χ0n) is 8.96. The van der Waals surface area contributed by atoms with Gasteiger partial charge in [0.05, 0.1) is 5.92 Å². The van der Waals surface area contributed by atoms with Crippen molar-refractivity contribution in [3.63, 3.8) is 0 Å². The van der Waals surface area contributed by atoms with Crippen molar-refractivity contribution in [2.45, 2.75) is 12.5 Å². The van der Waals surface area contributed by atoms with Gasteiger partial charge in [0.25, 0.3) is 0 Å². The van der Waals surface area contributed by atoms with E-state index in [1.54, 1.807) is 6.07 Å². The Kier molecular flexibility index (Phi) is 2.16. The Hall–Kier alpha value is -1.88. The third-order valence-electron chi connectivity index (χ3n) is 3.18. The van der Waals surface area contributed by atoms with Gasteiger partial charge in [-0.1, -0.05) is 0 Å². The highest BCUT2D eigenvalue weighted by Gasteiger charge is 2.29. The standard InChI is InChI=1S/C12H11FN2O2/c13-6-1-2-9-7(3-6)11-8(12(16)17)4-14-5-10(11)15-9/h1-3,8,14-15H,4-5H2,(H,16,17). The molecule has 5 heteroatoms. The fourth-order valence-electron chi connectivity index (χ4n) is 2.43. The van der Waals surface area contributed by atoms with Gasteiger partial charge >= 0.3 is 5.97 Å². The van der Waals surface area contributed by atoms with Crippen molar-refractivity contribution in [3.8, 4) is 0 Å². The molecule has 0 radical (unpaired) electrons. The van der Waals surface area contributed by atoms with E-state index >= 15 is 0 Å². The Labute approximate surface area is 96.4 Å². The van der Waals surface area contributed by atoms with Crippen LogP contribution >= 0.6 is 0 Å². The highest BCUT2D eigenvalue weighted by atomic mass is 19.1. The number of fused-ring (bicyclic) bond motifs is 3. The fraction of sp³-hybridized carbons (Fsp3) is 0.250. The summed E-state index contributed by atoms with van der Waals surface area (Å²) in [7, 11) is 0. The van der Waals surface area contributed by atoms with Gasteiger partial charge in [-0.25, -0.2) is 4.39 Å². The summed E-state index contributed by atoms with van der Waals surface area (Å²) in [5.74, 6) is -1.85. The first-order valence-electron chi connectivity index (χ1n) is 5.40. The number of hydrogen-bond acceptors (Lipinski definition) is 2. The molecule has 88 valence electrons. The number of hydrogen-bond donors (Lipinski definition) is 3. The summed E-state index contributed by atoms with van der Waals surface area (Å²) in [6.45, 7) is 0.973. The molecule has 1 aliphatic rings. The van der Waals surface area contributed by atoms with Gasteiger partial charge in [-0.2, -0.15) is 0 Å². The van der Waals surface area contributed by atoms with Crippen LogP contribution in [0.3, 0.4) is 0 Å². The van der Waals surface area contributed by atoms with Crippen molar-refractivity contribution in [2.24, 2.45) is 0 Å². The number of H-pyrrole nitrogens is 1. The molecule has 1 unspecified atom stereocenters. The van der Waals surface area contributed by atoms with Crippen molar-refractivity contribution >= 4 is 16.9 Å². The minimum absolute atomic E-state index is 0.345. The van der Waals surface area contributed by atoms with Crippen molar-refractivity contribution < 1.29 is 14.3 Å². The summed E-state index contributed by atoms with van der Waals surface area (Å²) >= 11 is 0. The third-order valence-corrected chi connectivity index (χ3v) is 3.18. The van der Waals surface area contributed by atoms with Gasteiger partial charge in [0.15, 0.2) is 0 Å². The van der Waals surface area contributed by atoms with E-state index in [1.807, 2.05) is 0 Å². The van der Waals surface area contributed by atoms with Gasteiger partial charge in [0.2, 0.25) is 0 Å². The van der Waals surface area contributed by atoms with Crippen LogP contribution in [0.2, 0.25) is 0 Å². The Bertz CT molecular complexity index is 606. The fourth-order valence-corrected chi connectivity index (χ4v) is 2.43. The van der Waals surface area contributed by atoms with Crippen molar-refractivity contribution in [2.75, 3.05) is 6.54 Å². The molecule has 3 rings (SSSR count). The number of halogens is 1. The number of aromatic nitrogens is 1. The average molecular weight is 234 g/mol. The second-order valence-electron chi connectivity index (χ2n) is 4.23. The lowest BCUT2D eigenvalue weighted by Gasteiger charge is -2.20. The second kappa shape index (κ2) is 3.56. The van der Waals surface area contributed by atoms with Crippen LogP contribution in [0.4, 0.5) is 4.39 Å². The van der Waals surface area contributed by atoms with Crippen LogP contribution in [0.1, 0.15) is 17.2 Å². The molecule has 2 heterocycles. The summed E-state index contributed by atoms with van der Waals surface area (Å²) in [6, 6.07) is 4.40. The number of carbonyl (C=O) groups is 1. The van der Waals surface area contributed by atoms with Crippen LogP contribution in [0.15, 0.2) is 18.2 Å². The SMILES string of the molecule is O=C(O)C1CNCc2[nH]c3ccc(F)cc3c21. The molecular weight excluding hydrogens is 223 g/mol. The number of carboxylic acids is 1. The summed E-state index contributed by atoms with van der Waals surface area (Å²) in [6.07, 6.45) is 0. The molecular formula is C12H11FN2O2. The molecule has 0 bridgehead atoms. The molecule has 0 spiro atoms. The number of benzene rings is 1. The molecule has 0 fully saturated rings. The highest BCUT2D eigenvalue weighted by molar-refractivity contribution is 5.91. The first-order chi connectivity index (χ1) is 8.16. The lowest BCUT2D eigenvalue weighted by Crippen LogP contribution is -2.32. The van der Waals surface area contributed by atoms with Crippen molar-refractivity contribution in [3.05, 3.63) is 35.3 Å². The minimum Gasteiger partial charge on any atom is -0.481 e. The number of carboxylic acid groups (broad SMARTS) is 1. The van der Waals surface area contributed by atoms with Crippen LogP contribution in [0, 0.1) is 5.82 Å². The smallest absolute Gasteiger partial charge is 0.312 e. The molecule has 4 nitrogen and oxygen atoms in total. The summed E-state index contributed by atoms with van der Waals surface area (Å²) in [5.41, 5.74) is 2.33. The Morgan fingerprint density at radius 1 is 1.47 bits per heavy atom. The predicted molar refractivity (Wildman–Crippen MR) is 60.3 cm³/mol. The lowest BCUT2D eigenvalue weighted by molar-refractivity contribution is -0.138. The van der Waals surface area contributed by atoms with Gasteiger partial charge in [-0.3, -0.25) is 4.79 Å². The molecule has 0 amide bonds. The van der Waals surface area contributed by atoms with E-state index in [2.05, 4.69) is 10.3 Å². The van der Waals surface area contributed by atoms with E-state index in [0.29, 0.717) is 24.0 Å². The number of nitrogens with one attached hydrogen (secondary N) is 2. The van der Waals surface area contributed by atoms with Gasteiger partial charge in [0.1, 0.15) is 5.82 Å². The van der Waals surface area contributed by atoms with E-state index < -0.39 is 11.9 Å². The van der Waals surface area contributed by atoms with E-state index in [-0.39, 0.29) is 5.82 Å². The molecule has 3 N–H and O–H groups in total. The van der Waals surface area contributed by atoms with Crippen LogP contribution in [-0.4, -0.2) is 22.6 Å². The zero-order chi connectivity index (χ0) is 12.0. The first kappa shape index (κ1) is 10.3. The largest absolute Gasteiger partial charge is 0.481 e. The summed E-state index contributed by atoms with van der Waals surface area (Å²) in [5, 5.41) is 12.9. The van der Waals surface area contributed by atoms with E-state index in [9.17, 15) is 14.3 Å². The minimum atomic E-state index is -0.886. The number of rotatable bonds is 1. The average Bonchev–Trinajstić information content (AvgIpc) is 2.66. The van der Waals surface area contributed by atoms with Gasteiger partial charge in [-0.05, 0) is 23.8 Å². The molecule has 1 aromatic heterocycles. The van der Waals surface area contributed by atoms with E-state index in [0.717, 1.165) is 11.2 Å². The second-order valence-corrected chi connectivity index (χ2v) is 4.23. The van der Waals surface area contributed by atoms with Crippen LogP contribution < -0.4 is 5.32 Å². The van der Waals surface area contributed by atoms with Crippen LogP contribution in [-0.2, 0) is 11.3 Å². The molecule has 2 aromatic rings. The molecule has 1 aliphatic heterocycles. The number of aromatic amines is 1. The molecule has 0 saturated heterocycles. The molecule has 17 heavy (non-hydrogen) atoms. The predicted octanol–water partition coefficient (Wildman–Crippen LogP) is 1.58. The van der Waals surface area contributed by atoms with Gasteiger partial charge < -0.3 is 15.4 Å². The monoisotopic (exact) mass is 234 g/mol. The van der Waals surface area contributed by atoms with Crippen LogP contribution in [0.25, 0.3) is 10.9 Å². The van der Waals surface area contributed by atoms with E-state index in [4.69, 9.17) is 0 Å². The summed E-state index contributed by atoms with van der Waals surface area (Å²) in [4.78, 5) is 14.3. The summed E-state index contributed by atoms with van der Waals surface area (Å²) < 4.78 is 13.2. The van der Waals surface area contributed by atoms with Crippen molar-refractivity contribution in [1.82, 2.24) is 10.3 Å².